The third kappa shape index (κ3) is 3.07. The Hall–Kier alpha value is -1.99. The first-order valence-corrected chi connectivity index (χ1v) is 6.57. The maximum Gasteiger partial charge on any atom is 0.255 e. The quantitative estimate of drug-likeness (QED) is 0.583. The van der Waals surface area contributed by atoms with Crippen LogP contribution < -0.4 is 16.6 Å². The highest BCUT2D eigenvalue weighted by Gasteiger charge is 2.16. The van der Waals surface area contributed by atoms with E-state index < -0.39 is 0 Å². The Balaban J connectivity index is 2.12. The van der Waals surface area contributed by atoms with E-state index in [2.05, 4.69) is 20.7 Å². The van der Waals surface area contributed by atoms with Crippen molar-refractivity contribution in [3.05, 3.63) is 40.1 Å². The number of thiazole rings is 1. The minimum Gasteiger partial charge on any atom is -0.343 e. The van der Waals surface area contributed by atoms with Gasteiger partial charge in [0.15, 0.2) is 0 Å². The van der Waals surface area contributed by atoms with E-state index in [1.165, 1.54) is 6.20 Å². The van der Waals surface area contributed by atoms with Crippen molar-refractivity contribution in [2.75, 3.05) is 5.43 Å². The van der Waals surface area contributed by atoms with Gasteiger partial charge in [0.05, 0.1) is 17.3 Å². The number of carbonyl (C=O) groups excluding carboxylic acids is 1. The van der Waals surface area contributed by atoms with Gasteiger partial charge in [0.25, 0.3) is 5.91 Å². The van der Waals surface area contributed by atoms with E-state index >= 15 is 0 Å². The first-order valence-electron chi connectivity index (χ1n) is 5.75. The van der Waals surface area contributed by atoms with Gasteiger partial charge >= 0.3 is 0 Å². The summed E-state index contributed by atoms with van der Waals surface area (Å²) in [6.07, 6.45) is 4.84. The Bertz CT molecular complexity index is 583. The Kier molecular flexibility index (Phi) is 4.08. The van der Waals surface area contributed by atoms with E-state index in [-0.39, 0.29) is 11.9 Å². The van der Waals surface area contributed by atoms with Gasteiger partial charge < -0.3 is 10.7 Å². The topological polar surface area (TPSA) is 92.9 Å². The standard InChI is InChI=1S/C12H15N5OS/c1-7-5-15-12(19-7)8(2)16-11(18)9-6-14-4-3-10(9)17-13/h3-6,8H,13H2,1-2H3,(H,14,17)(H,16,18). The van der Waals surface area contributed by atoms with Crippen molar-refractivity contribution in [2.45, 2.75) is 19.9 Å². The number of hydrogen-bond acceptors (Lipinski definition) is 6. The summed E-state index contributed by atoms with van der Waals surface area (Å²) in [5, 5.41) is 3.75. The summed E-state index contributed by atoms with van der Waals surface area (Å²) in [4.78, 5) is 21.4. The average molecular weight is 277 g/mol. The molecule has 100 valence electrons. The lowest BCUT2D eigenvalue weighted by Crippen LogP contribution is -2.28. The number of aromatic nitrogens is 2. The zero-order chi connectivity index (χ0) is 13.8. The number of nitrogens with two attached hydrogens (primary N) is 1. The minimum absolute atomic E-state index is 0.156. The Morgan fingerprint density at radius 2 is 2.26 bits per heavy atom. The number of hydrogen-bond donors (Lipinski definition) is 3. The number of nitrogen functional groups attached to an aromatic ring is 1. The zero-order valence-corrected chi connectivity index (χ0v) is 11.5. The summed E-state index contributed by atoms with van der Waals surface area (Å²) in [6, 6.07) is 1.49. The molecule has 2 heterocycles. The Labute approximate surface area is 115 Å². The summed E-state index contributed by atoms with van der Waals surface area (Å²) >= 11 is 1.56. The zero-order valence-electron chi connectivity index (χ0n) is 10.7. The van der Waals surface area contributed by atoms with Gasteiger partial charge in [-0.15, -0.1) is 11.3 Å². The lowest BCUT2D eigenvalue weighted by atomic mass is 10.2. The molecule has 0 spiro atoms. The number of anilines is 1. The maximum atomic E-state index is 12.1. The first kappa shape index (κ1) is 13.4. The van der Waals surface area contributed by atoms with Crippen LogP contribution in [0.5, 0.6) is 0 Å². The van der Waals surface area contributed by atoms with E-state index in [0.717, 1.165) is 9.88 Å². The summed E-state index contributed by atoms with van der Waals surface area (Å²) in [5.41, 5.74) is 3.42. The molecule has 0 fully saturated rings. The van der Waals surface area contributed by atoms with Gasteiger partial charge in [-0.3, -0.25) is 15.6 Å². The van der Waals surface area contributed by atoms with Crippen LogP contribution in [0.1, 0.15) is 33.2 Å². The van der Waals surface area contributed by atoms with Crippen LogP contribution in [-0.4, -0.2) is 15.9 Å². The highest BCUT2D eigenvalue weighted by Crippen LogP contribution is 2.20. The second kappa shape index (κ2) is 5.77. The van der Waals surface area contributed by atoms with Crippen molar-refractivity contribution in [1.82, 2.24) is 15.3 Å². The van der Waals surface area contributed by atoms with Crippen molar-refractivity contribution in [3.8, 4) is 0 Å². The molecule has 0 bridgehead atoms. The monoisotopic (exact) mass is 277 g/mol. The molecule has 6 nitrogen and oxygen atoms in total. The lowest BCUT2D eigenvalue weighted by molar-refractivity contribution is 0.0940. The lowest BCUT2D eigenvalue weighted by Gasteiger charge is -2.13. The van der Waals surface area contributed by atoms with Gasteiger partial charge in [0.1, 0.15) is 5.01 Å². The van der Waals surface area contributed by atoms with Crippen LogP contribution in [0.3, 0.4) is 0 Å². The van der Waals surface area contributed by atoms with Gasteiger partial charge in [-0.1, -0.05) is 0 Å². The van der Waals surface area contributed by atoms with Gasteiger partial charge in [-0.25, -0.2) is 4.98 Å². The molecule has 0 aromatic carbocycles. The van der Waals surface area contributed by atoms with Crippen molar-refractivity contribution < 1.29 is 4.79 Å². The van der Waals surface area contributed by atoms with Crippen molar-refractivity contribution in [1.29, 1.82) is 0 Å². The predicted molar refractivity (Wildman–Crippen MR) is 74.8 cm³/mol. The van der Waals surface area contributed by atoms with Crippen LogP contribution in [0.25, 0.3) is 0 Å². The van der Waals surface area contributed by atoms with Crippen LogP contribution in [0.2, 0.25) is 0 Å². The summed E-state index contributed by atoms with van der Waals surface area (Å²) in [5.74, 6) is 5.13. The van der Waals surface area contributed by atoms with E-state index in [1.54, 1.807) is 29.8 Å². The molecule has 0 saturated carbocycles. The van der Waals surface area contributed by atoms with Gasteiger partial charge in [0, 0.05) is 23.5 Å². The SMILES string of the molecule is Cc1cnc(C(C)NC(=O)c2cnccc2NN)s1. The fourth-order valence-corrected chi connectivity index (χ4v) is 2.39. The number of aryl methyl sites for hydroxylation is 1. The molecular formula is C12H15N5OS. The van der Waals surface area contributed by atoms with Gasteiger partial charge in [-0.2, -0.15) is 0 Å². The third-order valence-electron chi connectivity index (χ3n) is 2.58. The fourth-order valence-electron chi connectivity index (χ4n) is 1.61. The number of rotatable bonds is 4. The second-order valence-corrected chi connectivity index (χ2v) is 5.34. The van der Waals surface area contributed by atoms with Crippen molar-refractivity contribution in [2.24, 2.45) is 5.84 Å². The van der Waals surface area contributed by atoms with Crippen molar-refractivity contribution in [3.63, 3.8) is 0 Å². The number of nitrogens with zero attached hydrogens (tertiary/aromatic N) is 2. The van der Waals surface area contributed by atoms with Crippen LogP contribution >= 0.6 is 11.3 Å². The molecule has 0 aliphatic carbocycles. The predicted octanol–water partition coefficient (Wildman–Crippen LogP) is 1.62. The normalized spacial score (nSPS) is 11.9. The molecule has 0 saturated heterocycles. The Morgan fingerprint density at radius 1 is 1.47 bits per heavy atom. The van der Waals surface area contributed by atoms with Gasteiger partial charge in [0.2, 0.25) is 0 Å². The van der Waals surface area contributed by atoms with E-state index in [9.17, 15) is 4.79 Å². The maximum absolute atomic E-state index is 12.1. The van der Waals surface area contributed by atoms with Gasteiger partial charge in [-0.05, 0) is 19.9 Å². The average Bonchev–Trinajstić information content (AvgIpc) is 2.85. The molecular weight excluding hydrogens is 262 g/mol. The van der Waals surface area contributed by atoms with Crippen LogP contribution in [0.4, 0.5) is 5.69 Å². The highest BCUT2D eigenvalue weighted by molar-refractivity contribution is 7.11. The molecule has 0 aliphatic heterocycles. The number of amides is 1. The second-order valence-electron chi connectivity index (χ2n) is 4.07. The van der Waals surface area contributed by atoms with Crippen molar-refractivity contribution >= 4 is 22.9 Å². The largest absolute Gasteiger partial charge is 0.343 e. The van der Waals surface area contributed by atoms with E-state index in [1.807, 2.05) is 13.8 Å². The first-order chi connectivity index (χ1) is 9.11. The minimum atomic E-state index is -0.235. The third-order valence-corrected chi connectivity index (χ3v) is 3.67. The number of carbonyl (C=O) groups is 1. The molecule has 2 aromatic heterocycles. The summed E-state index contributed by atoms with van der Waals surface area (Å²) in [7, 11) is 0. The summed E-state index contributed by atoms with van der Waals surface area (Å²) < 4.78 is 0. The molecule has 2 aromatic rings. The van der Waals surface area contributed by atoms with E-state index in [0.29, 0.717) is 11.3 Å². The fraction of sp³-hybridized carbons (Fsp3) is 0.250. The van der Waals surface area contributed by atoms with Crippen LogP contribution in [0, 0.1) is 6.92 Å². The molecule has 2 rings (SSSR count). The molecule has 19 heavy (non-hydrogen) atoms. The number of pyridine rings is 1. The number of hydrazine groups is 1. The smallest absolute Gasteiger partial charge is 0.255 e. The van der Waals surface area contributed by atoms with E-state index in [4.69, 9.17) is 5.84 Å². The van der Waals surface area contributed by atoms with Crippen LogP contribution in [-0.2, 0) is 0 Å². The molecule has 1 amide bonds. The highest BCUT2D eigenvalue weighted by atomic mass is 32.1. The molecule has 0 radical (unpaired) electrons. The molecule has 1 atom stereocenters. The Morgan fingerprint density at radius 3 is 2.89 bits per heavy atom. The van der Waals surface area contributed by atoms with Crippen LogP contribution in [0.15, 0.2) is 24.7 Å². The molecule has 0 aliphatic rings. The molecule has 7 heteroatoms. The number of nitrogens with one attached hydrogen (secondary N) is 2. The molecule has 1 unspecified atom stereocenters. The molecule has 4 N–H and O–H groups in total. The summed E-state index contributed by atoms with van der Waals surface area (Å²) in [6.45, 7) is 3.87.